The second-order valence-electron chi connectivity index (χ2n) is 4.33. The van der Waals surface area contributed by atoms with Crippen molar-refractivity contribution in [3.63, 3.8) is 0 Å². The summed E-state index contributed by atoms with van der Waals surface area (Å²) in [7, 11) is 0. The molecule has 0 radical (unpaired) electrons. The molecule has 2 rings (SSSR count). The molecular formula is C14H16N2O2S. The Hall–Kier alpha value is -1.88. The van der Waals surface area contributed by atoms with Crippen molar-refractivity contribution in [2.24, 2.45) is 5.16 Å². The maximum atomic E-state index is 8.89. The van der Waals surface area contributed by atoms with Gasteiger partial charge in [-0.1, -0.05) is 11.2 Å². The highest BCUT2D eigenvalue weighted by Crippen LogP contribution is 2.22. The first-order chi connectivity index (χ1) is 9.10. The summed E-state index contributed by atoms with van der Waals surface area (Å²) in [5.74, 6) is 0.709. The summed E-state index contributed by atoms with van der Waals surface area (Å²) in [5.41, 5.74) is 3.33. The average Bonchev–Trinajstić information content (AvgIpc) is 2.81. The molecule has 0 fully saturated rings. The second kappa shape index (κ2) is 5.84. The molecule has 5 heteroatoms. The number of ether oxygens (including phenoxy) is 1. The minimum atomic E-state index is 0.416. The fourth-order valence-electron chi connectivity index (χ4n) is 1.73. The molecule has 2 aromatic rings. The van der Waals surface area contributed by atoms with Crippen LogP contribution in [0, 0.1) is 13.8 Å². The fraction of sp³-hybridized carbons (Fsp3) is 0.286. The standard InChI is InChI=1S/C14H16N2O2S/c1-9-4-5-13(10(2)16-17)14(6-9)18-7-12-8-19-11(3)15-12/h4-6,8,17H,7H2,1-3H3. The SMILES string of the molecule is CC(=NO)c1ccc(C)cc1OCc1csc(C)n1. The lowest BCUT2D eigenvalue weighted by molar-refractivity contribution is 0.299. The zero-order valence-electron chi connectivity index (χ0n) is 11.2. The molecular weight excluding hydrogens is 260 g/mol. The Kier molecular flexibility index (Phi) is 4.16. The Labute approximate surface area is 116 Å². The van der Waals surface area contributed by atoms with Crippen molar-refractivity contribution in [2.75, 3.05) is 0 Å². The number of oxime groups is 1. The molecule has 1 aromatic heterocycles. The maximum absolute atomic E-state index is 8.89. The van der Waals surface area contributed by atoms with Gasteiger partial charge in [-0.25, -0.2) is 4.98 Å². The molecule has 0 atom stereocenters. The Balaban J connectivity index is 2.21. The summed E-state index contributed by atoms with van der Waals surface area (Å²) in [5, 5.41) is 15.1. The molecule has 0 spiro atoms. The van der Waals surface area contributed by atoms with Crippen LogP contribution in [0.25, 0.3) is 0 Å². The van der Waals surface area contributed by atoms with E-state index in [0.717, 1.165) is 21.8 Å². The molecule has 100 valence electrons. The molecule has 0 saturated heterocycles. The molecule has 0 unspecified atom stereocenters. The number of hydrogen-bond acceptors (Lipinski definition) is 5. The Bertz CT molecular complexity index is 605. The first kappa shape index (κ1) is 13.5. The third kappa shape index (κ3) is 3.32. The lowest BCUT2D eigenvalue weighted by atomic mass is 10.1. The van der Waals surface area contributed by atoms with Crippen LogP contribution in [-0.4, -0.2) is 15.9 Å². The van der Waals surface area contributed by atoms with Gasteiger partial charge in [-0.3, -0.25) is 0 Å². The van der Waals surface area contributed by atoms with Crippen LogP contribution in [0.15, 0.2) is 28.7 Å². The van der Waals surface area contributed by atoms with E-state index in [-0.39, 0.29) is 0 Å². The molecule has 0 amide bonds. The van der Waals surface area contributed by atoms with Gasteiger partial charge in [0.2, 0.25) is 0 Å². The zero-order valence-corrected chi connectivity index (χ0v) is 12.0. The van der Waals surface area contributed by atoms with Crippen LogP contribution in [0.1, 0.15) is 28.8 Å². The Morgan fingerprint density at radius 1 is 1.42 bits per heavy atom. The van der Waals surface area contributed by atoms with Crippen molar-refractivity contribution in [3.8, 4) is 5.75 Å². The molecule has 1 heterocycles. The number of nitrogens with zero attached hydrogens (tertiary/aromatic N) is 2. The van der Waals surface area contributed by atoms with Gasteiger partial charge in [0.15, 0.2) is 0 Å². The van der Waals surface area contributed by atoms with Crippen LogP contribution >= 0.6 is 11.3 Å². The number of hydrogen-bond donors (Lipinski definition) is 1. The molecule has 0 aliphatic carbocycles. The first-order valence-electron chi connectivity index (χ1n) is 5.93. The molecule has 1 aromatic carbocycles. The van der Waals surface area contributed by atoms with Crippen LogP contribution in [0.3, 0.4) is 0 Å². The Morgan fingerprint density at radius 3 is 2.84 bits per heavy atom. The number of thiazole rings is 1. The van der Waals surface area contributed by atoms with E-state index in [1.54, 1.807) is 18.3 Å². The van der Waals surface area contributed by atoms with Gasteiger partial charge < -0.3 is 9.94 Å². The number of benzene rings is 1. The van der Waals surface area contributed by atoms with Gasteiger partial charge in [0.1, 0.15) is 12.4 Å². The topological polar surface area (TPSA) is 54.7 Å². The molecule has 0 aliphatic heterocycles. The highest BCUT2D eigenvalue weighted by Gasteiger charge is 2.09. The van der Waals surface area contributed by atoms with Gasteiger partial charge >= 0.3 is 0 Å². The summed E-state index contributed by atoms with van der Waals surface area (Å²) < 4.78 is 5.79. The van der Waals surface area contributed by atoms with Crippen LogP contribution in [0.4, 0.5) is 0 Å². The van der Waals surface area contributed by atoms with E-state index in [0.29, 0.717) is 18.1 Å². The van der Waals surface area contributed by atoms with E-state index < -0.39 is 0 Å². The predicted molar refractivity (Wildman–Crippen MR) is 76.4 cm³/mol. The van der Waals surface area contributed by atoms with Gasteiger partial charge in [-0.05, 0) is 38.5 Å². The van der Waals surface area contributed by atoms with E-state index in [1.165, 1.54) is 0 Å². The van der Waals surface area contributed by atoms with E-state index in [4.69, 9.17) is 9.94 Å². The van der Waals surface area contributed by atoms with Crippen LogP contribution < -0.4 is 4.74 Å². The normalized spacial score (nSPS) is 11.6. The summed E-state index contributed by atoms with van der Waals surface area (Å²) >= 11 is 1.60. The lowest BCUT2D eigenvalue weighted by Gasteiger charge is -2.10. The van der Waals surface area contributed by atoms with E-state index in [9.17, 15) is 0 Å². The second-order valence-corrected chi connectivity index (χ2v) is 5.39. The van der Waals surface area contributed by atoms with Gasteiger partial charge in [-0.2, -0.15) is 0 Å². The summed E-state index contributed by atoms with van der Waals surface area (Å²) in [6.07, 6.45) is 0. The monoisotopic (exact) mass is 276 g/mol. The van der Waals surface area contributed by atoms with Crippen LogP contribution in [0.2, 0.25) is 0 Å². The third-order valence-corrected chi connectivity index (χ3v) is 3.54. The van der Waals surface area contributed by atoms with Gasteiger partial charge in [-0.15, -0.1) is 11.3 Å². The van der Waals surface area contributed by atoms with Gasteiger partial charge in [0, 0.05) is 10.9 Å². The average molecular weight is 276 g/mol. The molecule has 0 saturated carbocycles. The van der Waals surface area contributed by atoms with Gasteiger partial charge in [0.25, 0.3) is 0 Å². The van der Waals surface area contributed by atoms with Crippen molar-refractivity contribution in [3.05, 3.63) is 45.4 Å². The van der Waals surface area contributed by atoms with E-state index >= 15 is 0 Å². The summed E-state index contributed by atoms with van der Waals surface area (Å²) in [6, 6.07) is 5.79. The number of rotatable bonds is 4. The van der Waals surface area contributed by atoms with Crippen molar-refractivity contribution in [2.45, 2.75) is 27.4 Å². The van der Waals surface area contributed by atoms with E-state index in [1.807, 2.05) is 37.4 Å². The van der Waals surface area contributed by atoms with Crippen molar-refractivity contribution < 1.29 is 9.94 Å². The fourth-order valence-corrected chi connectivity index (χ4v) is 2.33. The highest BCUT2D eigenvalue weighted by molar-refractivity contribution is 7.09. The predicted octanol–water partition coefficient (Wildman–Crippen LogP) is 3.54. The van der Waals surface area contributed by atoms with Crippen molar-refractivity contribution >= 4 is 17.0 Å². The van der Waals surface area contributed by atoms with Gasteiger partial charge in [0.05, 0.1) is 16.4 Å². The number of aromatic nitrogens is 1. The lowest BCUT2D eigenvalue weighted by Crippen LogP contribution is -2.03. The molecule has 19 heavy (non-hydrogen) atoms. The minimum absolute atomic E-state index is 0.416. The highest BCUT2D eigenvalue weighted by atomic mass is 32.1. The van der Waals surface area contributed by atoms with Crippen LogP contribution in [0.5, 0.6) is 5.75 Å². The molecule has 4 nitrogen and oxygen atoms in total. The number of aryl methyl sites for hydroxylation is 2. The quantitative estimate of drug-likeness (QED) is 0.528. The van der Waals surface area contributed by atoms with Crippen LogP contribution in [-0.2, 0) is 6.61 Å². The Morgan fingerprint density at radius 2 is 2.21 bits per heavy atom. The minimum Gasteiger partial charge on any atom is -0.487 e. The molecule has 0 bridgehead atoms. The summed E-state index contributed by atoms with van der Waals surface area (Å²) in [6.45, 7) is 6.12. The molecule has 0 aliphatic rings. The van der Waals surface area contributed by atoms with Crippen molar-refractivity contribution in [1.82, 2.24) is 4.98 Å². The smallest absolute Gasteiger partial charge is 0.131 e. The largest absolute Gasteiger partial charge is 0.487 e. The van der Waals surface area contributed by atoms with Crippen molar-refractivity contribution in [1.29, 1.82) is 0 Å². The third-order valence-electron chi connectivity index (χ3n) is 2.72. The summed E-state index contributed by atoms with van der Waals surface area (Å²) in [4.78, 5) is 4.36. The molecule has 1 N–H and O–H groups in total. The van der Waals surface area contributed by atoms with E-state index in [2.05, 4.69) is 10.1 Å². The maximum Gasteiger partial charge on any atom is 0.131 e. The first-order valence-corrected chi connectivity index (χ1v) is 6.81. The zero-order chi connectivity index (χ0) is 13.8.